The first kappa shape index (κ1) is 28.7. The van der Waals surface area contributed by atoms with Gasteiger partial charge in [0.1, 0.15) is 30.5 Å². The molecule has 1 heterocycles. The number of nitrogens with zero attached hydrogens (tertiary/aromatic N) is 1. The maximum atomic E-state index is 12.6. The van der Waals surface area contributed by atoms with Crippen molar-refractivity contribution in [3.8, 4) is 17.2 Å². The molecule has 0 bridgehead atoms. The Morgan fingerprint density at radius 1 is 0.975 bits per heavy atom. The Bertz CT molecular complexity index is 1560. The van der Waals surface area contributed by atoms with Crippen LogP contribution in [0, 0.1) is 0 Å². The highest BCUT2D eigenvalue weighted by atomic mass is 32.1. The molecule has 4 aromatic rings. The van der Waals surface area contributed by atoms with Crippen LogP contribution >= 0.6 is 11.3 Å². The van der Waals surface area contributed by atoms with Crippen molar-refractivity contribution in [2.75, 3.05) is 13.2 Å². The molecule has 3 aromatic carbocycles. The molecule has 40 heavy (non-hydrogen) atoms. The van der Waals surface area contributed by atoms with E-state index in [0.717, 1.165) is 27.1 Å². The van der Waals surface area contributed by atoms with Gasteiger partial charge in [-0.25, -0.2) is 4.79 Å². The van der Waals surface area contributed by atoms with Crippen LogP contribution in [-0.2, 0) is 22.5 Å². The highest BCUT2D eigenvalue weighted by molar-refractivity contribution is 7.16. The number of hydrogen-bond acceptors (Lipinski definition) is 7. The van der Waals surface area contributed by atoms with Crippen LogP contribution in [0.4, 0.5) is 13.2 Å². The fraction of sp³-hybridized carbons (Fsp3) is 0.214. The van der Waals surface area contributed by atoms with Crippen molar-refractivity contribution < 1.29 is 42.8 Å². The lowest BCUT2D eigenvalue weighted by molar-refractivity contribution is -0.192. The van der Waals surface area contributed by atoms with Gasteiger partial charge in [-0.05, 0) is 53.1 Å². The number of fused-ring (bicyclic) bond motifs is 1. The van der Waals surface area contributed by atoms with Crippen molar-refractivity contribution in [2.45, 2.75) is 25.2 Å². The van der Waals surface area contributed by atoms with E-state index in [4.69, 9.17) is 9.84 Å². The van der Waals surface area contributed by atoms with Crippen LogP contribution < -0.4 is 9.61 Å². The average Bonchev–Trinajstić information content (AvgIpc) is 3.19. The standard InChI is InChI=1S/C28H24F3NO7S/c29-28(30,31)16-39-24(26(35)36)13-17-3-6-22(7-4-17)38-10-9-32-23-8-5-18(14-25(23)40-27(32)37)1-2-19-11-20(33)15-21(34)12-19/h1-8,11-12,14-15,24,33-34H,9-10,13,16H2,(H,35,36)/b2-1+. The number of aromatic nitrogens is 1. The van der Waals surface area contributed by atoms with Crippen molar-refractivity contribution in [3.05, 3.63) is 87.0 Å². The number of carboxylic acids is 1. The van der Waals surface area contributed by atoms with E-state index in [2.05, 4.69) is 4.74 Å². The van der Waals surface area contributed by atoms with E-state index in [1.165, 1.54) is 18.2 Å². The van der Waals surface area contributed by atoms with Crippen LogP contribution in [0.1, 0.15) is 16.7 Å². The Balaban J connectivity index is 1.35. The summed E-state index contributed by atoms with van der Waals surface area (Å²) in [4.78, 5) is 23.7. The molecule has 1 atom stereocenters. The molecular weight excluding hydrogens is 551 g/mol. The fourth-order valence-corrected chi connectivity index (χ4v) is 4.87. The van der Waals surface area contributed by atoms with Gasteiger partial charge in [-0.1, -0.05) is 41.7 Å². The quantitative estimate of drug-likeness (QED) is 0.208. The van der Waals surface area contributed by atoms with Crippen LogP contribution in [-0.4, -0.2) is 51.4 Å². The second-order valence-electron chi connectivity index (χ2n) is 8.81. The lowest BCUT2D eigenvalue weighted by Crippen LogP contribution is -2.31. The number of aliphatic carboxylic acids is 1. The number of phenolic OH excluding ortho intramolecular Hbond substituents is 2. The summed E-state index contributed by atoms with van der Waals surface area (Å²) in [6, 6.07) is 16.0. The Kier molecular flexibility index (Phi) is 8.80. The predicted molar refractivity (Wildman–Crippen MR) is 144 cm³/mol. The van der Waals surface area contributed by atoms with Crippen LogP contribution in [0.3, 0.4) is 0 Å². The molecule has 4 rings (SSSR count). The first-order chi connectivity index (χ1) is 19.0. The van der Waals surface area contributed by atoms with Gasteiger partial charge in [0.05, 0.1) is 16.8 Å². The molecule has 210 valence electrons. The summed E-state index contributed by atoms with van der Waals surface area (Å²) in [6.45, 7) is -1.21. The normalized spacial score (nSPS) is 12.7. The SMILES string of the molecule is O=C(O)C(Cc1ccc(OCCn2c(=O)sc3cc(/C=C/c4cc(O)cc(O)c4)ccc32)cc1)OCC(F)(F)F. The summed E-state index contributed by atoms with van der Waals surface area (Å²) < 4.78 is 49.6. The Morgan fingerprint density at radius 3 is 2.30 bits per heavy atom. The molecular formula is C28H24F3NO7S. The molecule has 0 amide bonds. The summed E-state index contributed by atoms with van der Waals surface area (Å²) >= 11 is 1.09. The van der Waals surface area contributed by atoms with E-state index in [1.54, 1.807) is 41.0 Å². The minimum atomic E-state index is -4.62. The number of thiazole rings is 1. The number of benzene rings is 3. The second-order valence-corrected chi connectivity index (χ2v) is 9.81. The second kappa shape index (κ2) is 12.3. The third-order valence-corrected chi connectivity index (χ3v) is 6.68. The van der Waals surface area contributed by atoms with Crippen molar-refractivity contribution in [3.63, 3.8) is 0 Å². The molecule has 1 aromatic heterocycles. The molecule has 3 N–H and O–H groups in total. The molecule has 8 nitrogen and oxygen atoms in total. The zero-order valence-corrected chi connectivity index (χ0v) is 21.6. The zero-order valence-electron chi connectivity index (χ0n) is 20.8. The van der Waals surface area contributed by atoms with Crippen LogP contribution in [0.15, 0.2) is 65.5 Å². The topological polar surface area (TPSA) is 118 Å². The van der Waals surface area contributed by atoms with E-state index in [0.29, 0.717) is 16.9 Å². The monoisotopic (exact) mass is 575 g/mol. The lowest BCUT2D eigenvalue weighted by Gasteiger charge is -2.15. The number of carbonyl (C=O) groups is 1. The van der Waals surface area contributed by atoms with Gasteiger partial charge < -0.3 is 24.8 Å². The van der Waals surface area contributed by atoms with E-state index in [-0.39, 0.29) is 35.9 Å². The molecule has 0 aliphatic heterocycles. The highest BCUT2D eigenvalue weighted by Crippen LogP contribution is 2.24. The summed E-state index contributed by atoms with van der Waals surface area (Å²) in [5.74, 6) is -1.14. The maximum absolute atomic E-state index is 12.6. The van der Waals surface area contributed by atoms with Gasteiger partial charge in [-0.15, -0.1) is 0 Å². The van der Waals surface area contributed by atoms with Gasteiger partial charge in [0.15, 0.2) is 6.10 Å². The third kappa shape index (κ3) is 7.87. The fourth-order valence-electron chi connectivity index (χ4n) is 3.91. The molecule has 12 heteroatoms. The molecule has 0 saturated heterocycles. The molecule has 0 fully saturated rings. The number of phenols is 2. The van der Waals surface area contributed by atoms with E-state index in [1.807, 2.05) is 18.2 Å². The van der Waals surface area contributed by atoms with Crippen molar-refractivity contribution in [2.24, 2.45) is 0 Å². The molecule has 0 aliphatic carbocycles. The first-order valence-corrected chi connectivity index (χ1v) is 12.8. The largest absolute Gasteiger partial charge is 0.508 e. The van der Waals surface area contributed by atoms with Gasteiger partial charge in [0.2, 0.25) is 0 Å². The van der Waals surface area contributed by atoms with Crippen molar-refractivity contribution in [1.82, 2.24) is 4.57 Å². The number of aromatic hydroxyl groups is 2. The lowest BCUT2D eigenvalue weighted by atomic mass is 10.1. The third-order valence-electron chi connectivity index (χ3n) is 5.74. The van der Waals surface area contributed by atoms with Crippen molar-refractivity contribution >= 4 is 39.7 Å². The maximum Gasteiger partial charge on any atom is 0.411 e. The predicted octanol–water partition coefficient (Wildman–Crippen LogP) is 5.30. The number of carboxylic acid groups (broad SMARTS) is 1. The molecule has 0 spiro atoms. The highest BCUT2D eigenvalue weighted by Gasteiger charge is 2.31. The number of rotatable bonds is 11. The minimum Gasteiger partial charge on any atom is -0.508 e. The molecule has 0 aliphatic rings. The number of alkyl halides is 3. The molecule has 0 radical (unpaired) electrons. The summed E-state index contributed by atoms with van der Waals surface area (Å²) in [5.41, 5.74) is 2.64. The van der Waals surface area contributed by atoms with Crippen molar-refractivity contribution in [1.29, 1.82) is 0 Å². The molecule has 1 unspecified atom stereocenters. The van der Waals surface area contributed by atoms with Gasteiger partial charge in [-0.3, -0.25) is 9.36 Å². The Hall–Kier alpha value is -4.29. The van der Waals surface area contributed by atoms with Gasteiger partial charge in [0, 0.05) is 12.5 Å². The van der Waals surface area contributed by atoms with Gasteiger partial charge >= 0.3 is 17.0 Å². The van der Waals surface area contributed by atoms with Gasteiger partial charge in [0.25, 0.3) is 0 Å². The first-order valence-electron chi connectivity index (χ1n) is 11.9. The number of halogens is 3. The minimum absolute atomic E-state index is 0.0511. The number of hydrogen-bond donors (Lipinski definition) is 3. The summed E-state index contributed by atoms with van der Waals surface area (Å²) in [5, 5.41) is 28.4. The van der Waals surface area contributed by atoms with E-state index >= 15 is 0 Å². The summed E-state index contributed by atoms with van der Waals surface area (Å²) in [6.07, 6.45) is -2.97. The Labute approximate surface area is 229 Å². The molecule has 0 saturated carbocycles. The van der Waals surface area contributed by atoms with E-state index in [9.17, 15) is 33.0 Å². The number of ether oxygens (including phenoxy) is 2. The smallest absolute Gasteiger partial charge is 0.411 e. The average molecular weight is 576 g/mol. The van der Waals surface area contributed by atoms with Gasteiger partial charge in [-0.2, -0.15) is 13.2 Å². The summed E-state index contributed by atoms with van der Waals surface area (Å²) in [7, 11) is 0. The van der Waals surface area contributed by atoms with Crippen LogP contribution in [0.2, 0.25) is 0 Å². The Morgan fingerprint density at radius 2 is 1.65 bits per heavy atom. The van der Waals surface area contributed by atoms with Crippen LogP contribution in [0.5, 0.6) is 17.2 Å². The van der Waals surface area contributed by atoms with E-state index < -0.39 is 24.9 Å². The zero-order chi connectivity index (χ0) is 28.9. The van der Waals surface area contributed by atoms with Crippen LogP contribution in [0.25, 0.3) is 22.4 Å².